The lowest BCUT2D eigenvalue weighted by atomic mass is 9.64. The molecule has 1 aromatic heterocycles. The Labute approximate surface area is 239 Å². The molecule has 2 aromatic carbocycles. The first-order chi connectivity index (χ1) is 20.0. The molecule has 8 heteroatoms. The van der Waals surface area contributed by atoms with E-state index < -0.39 is 11.9 Å². The van der Waals surface area contributed by atoms with Gasteiger partial charge in [0.2, 0.25) is 11.8 Å². The van der Waals surface area contributed by atoms with Gasteiger partial charge in [-0.2, -0.15) is 5.10 Å². The molecule has 2 saturated carbocycles. The second-order valence-corrected chi connectivity index (χ2v) is 13.1. The Bertz CT molecular complexity index is 1540. The molecule has 0 radical (unpaired) electrons. The summed E-state index contributed by atoms with van der Waals surface area (Å²) in [6.45, 7) is 2.29. The first-order valence-corrected chi connectivity index (χ1v) is 15.5. The molecular weight excluding hydrogens is 514 g/mol. The van der Waals surface area contributed by atoms with Crippen molar-refractivity contribution in [1.29, 1.82) is 0 Å². The van der Waals surface area contributed by atoms with Crippen molar-refractivity contribution in [2.75, 3.05) is 18.0 Å². The maximum atomic E-state index is 13.7. The third-order valence-electron chi connectivity index (χ3n) is 11.2. The van der Waals surface area contributed by atoms with Gasteiger partial charge < -0.3 is 0 Å². The van der Waals surface area contributed by atoms with Gasteiger partial charge in [0, 0.05) is 35.5 Å². The van der Waals surface area contributed by atoms with Crippen LogP contribution in [0.3, 0.4) is 0 Å². The van der Waals surface area contributed by atoms with Crippen molar-refractivity contribution in [2.24, 2.45) is 11.3 Å². The van der Waals surface area contributed by atoms with Crippen LogP contribution in [0, 0.1) is 11.3 Å². The largest absolute Gasteiger partial charge is 0.300 e. The first-order valence-electron chi connectivity index (χ1n) is 15.5. The highest BCUT2D eigenvalue weighted by Gasteiger charge is 2.50. The summed E-state index contributed by atoms with van der Waals surface area (Å²) >= 11 is 0. The summed E-state index contributed by atoms with van der Waals surface area (Å²) in [5, 5.41) is 11.8. The van der Waals surface area contributed by atoms with E-state index in [1.807, 2.05) is 30.6 Å². The van der Waals surface area contributed by atoms with E-state index in [0.29, 0.717) is 23.3 Å². The number of aromatic amines is 1. The Morgan fingerprint density at radius 2 is 1.78 bits per heavy atom. The van der Waals surface area contributed by atoms with E-state index >= 15 is 0 Å². The number of hydrogen-bond acceptors (Lipinski definition) is 5. The third kappa shape index (κ3) is 3.83. The zero-order valence-electron chi connectivity index (χ0n) is 23.4. The number of aromatic nitrogens is 2. The smallest absolute Gasteiger partial charge is 0.259 e. The molecule has 2 saturated heterocycles. The number of hydrogen-bond donors (Lipinski definition) is 2. The van der Waals surface area contributed by atoms with Crippen LogP contribution in [-0.2, 0) is 9.59 Å². The van der Waals surface area contributed by atoms with E-state index in [0.717, 1.165) is 48.4 Å². The van der Waals surface area contributed by atoms with Gasteiger partial charge in [-0.05, 0) is 98.0 Å². The van der Waals surface area contributed by atoms with Gasteiger partial charge in [0.05, 0.1) is 11.9 Å². The van der Waals surface area contributed by atoms with Crippen molar-refractivity contribution in [3.05, 3.63) is 59.4 Å². The molecule has 3 atom stereocenters. The molecule has 3 aromatic rings. The fourth-order valence-corrected chi connectivity index (χ4v) is 9.14. The fourth-order valence-electron chi connectivity index (χ4n) is 9.14. The number of nitrogens with one attached hydrogen (secondary N) is 2. The Balaban J connectivity index is 1.14. The van der Waals surface area contributed by atoms with Crippen LogP contribution in [0.2, 0.25) is 0 Å². The molecule has 4 heterocycles. The van der Waals surface area contributed by atoms with Gasteiger partial charge in [0.25, 0.3) is 5.91 Å². The monoisotopic (exact) mass is 551 g/mol. The summed E-state index contributed by atoms with van der Waals surface area (Å²) in [5.41, 5.74) is 4.42. The van der Waals surface area contributed by atoms with E-state index in [1.54, 1.807) is 4.90 Å². The van der Waals surface area contributed by atoms with Crippen LogP contribution in [0.4, 0.5) is 5.69 Å². The number of carbonyl (C=O) groups is 3. The van der Waals surface area contributed by atoms with Crippen molar-refractivity contribution in [2.45, 2.75) is 82.2 Å². The molecule has 4 fully saturated rings. The summed E-state index contributed by atoms with van der Waals surface area (Å²) in [5.74, 6) is -0.189. The zero-order chi connectivity index (χ0) is 27.7. The second kappa shape index (κ2) is 9.51. The molecule has 5 aliphatic rings. The topological polar surface area (TPSA) is 98.4 Å². The molecule has 0 bridgehead atoms. The number of carbonyl (C=O) groups excluding carboxylic acids is 3. The molecule has 2 aliphatic carbocycles. The summed E-state index contributed by atoms with van der Waals surface area (Å²) in [4.78, 5) is 42.7. The Morgan fingerprint density at radius 1 is 0.951 bits per heavy atom. The lowest BCUT2D eigenvalue weighted by Gasteiger charge is -2.50. The van der Waals surface area contributed by atoms with Crippen LogP contribution in [0.5, 0.6) is 0 Å². The van der Waals surface area contributed by atoms with E-state index in [2.05, 4.69) is 32.5 Å². The molecule has 212 valence electrons. The average molecular weight is 552 g/mol. The summed E-state index contributed by atoms with van der Waals surface area (Å²) in [6, 6.07) is 10.2. The molecule has 1 spiro atoms. The van der Waals surface area contributed by atoms with Gasteiger partial charge in [-0.15, -0.1) is 0 Å². The molecule has 3 aliphatic heterocycles. The van der Waals surface area contributed by atoms with Gasteiger partial charge in [-0.25, -0.2) is 0 Å². The Kier molecular flexibility index (Phi) is 5.85. The maximum Gasteiger partial charge on any atom is 0.259 e. The van der Waals surface area contributed by atoms with Gasteiger partial charge in [-0.3, -0.25) is 34.6 Å². The predicted octanol–water partition coefficient (Wildman–Crippen LogP) is 4.90. The zero-order valence-corrected chi connectivity index (χ0v) is 23.4. The number of benzene rings is 2. The van der Waals surface area contributed by atoms with Crippen LogP contribution < -0.4 is 10.2 Å². The summed E-state index contributed by atoms with van der Waals surface area (Å²) in [6.07, 6.45) is 15.3. The van der Waals surface area contributed by atoms with E-state index in [9.17, 15) is 14.4 Å². The predicted molar refractivity (Wildman–Crippen MR) is 156 cm³/mol. The third-order valence-corrected chi connectivity index (χ3v) is 11.2. The second-order valence-electron chi connectivity index (χ2n) is 13.1. The highest BCUT2D eigenvalue weighted by molar-refractivity contribution is 6.27. The maximum absolute atomic E-state index is 13.7. The van der Waals surface area contributed by atoms with Crippen molar-refractivity contribution in [1.82, 2.24) is 20.4 Å². The molecule has 2 N–H and O–H groups in total. The quantitative estimate of drug-likeness (QED) is 0.440. The van der Waals surface area contributed by atoms with Gasteiger partial charge in [-0.1, -0.05) is 31.0 Å². The fraction of sp³-hybridized carbons (Fsp3) is 0.515. The number of H-pyrrole nitrogens is 1. The number of anilines is 1. The number of amides is 3. The van der Waals surface area contributed by atoms with Crippen LogP contribution in [0.15, 0.2) is 42.7 Å². The molecule has 41 heavy (non-hydrogen) atoms. The van der Waals surface area contributed by atoms with Gasteiger partial charge in [0.15, 0.2) is 0 Å². The van der Waals surface area contributed by atoms with Crippen LogP contribution in [0.1, 0.15) is 91.6 Å². The minimum Gasteiger partial charge on any atom is -0.300 e. The molecule has 8 nitrogen and oxygen atoms in total. The summed E-state index contributed by atoms with van der Waals surface area (Å²) in [7, 11) is 0. The highest BCUT2D eigenvalue weighted by Crippen LogP contribution is 2.56. The molecule has 3 amide bonds. The minimum absolute atomic E-state index is 0.160. The molecule has 8 rings (SSSR count). The van der Waals surface area contributed by atoms with Crippen molar-refractivity contribution < 1.29 is 14.4 Å². The van der Waals surface area contributed by atoms with E-state index in [1.165, 1.54) is 49.7 Å². The highest BCUT2D eigenvalue weighted by atomic mass is 16.2. The van der Waals surface area contributed by atoms with Crippen molar-refractivity contribution in [3.63, 3.8) is 0 Å². The van der Waals surface area contributed by atoms with Crippen LogP contribution in [-0.4, -0.2) is 58.0 Å². The number of rotatable bonds is 5. The number of imide groups is 1. The Morgan fingerprint density at radius 3 is 2.51 bits per heavy atom. The normalized spacial score (nSPS) is 27.0. The van der Waals surface area contributed by atoms with Crippen molar-refractivity contribution >= 4 is 34.2 Å². The Hall–Kier alpha value is -3.52. The molecule has 3 unspecified atom stereocenters. The molecular formula is C33H37N5O3. The number of piperidine rings is 2. The van der Waals surface area contributed by atoms with Gasteiger partial charge in [0.1, 0.15) is 6.04 Å². The standard InChI is InChI=1S/C33H37N5O3/c39-28-10-9-26(31(40)36-28)38-25-8-7-23(22-4-1-5-24(30(22)25)32(38)41)29(21-18-34-35-19-21)20-11-16-37(17-12-20)27-6-2-13-33(27)14-3-15-33/h1,4-5,7-8,18-20,26-27,29H,2-3,6,9-17H2,(H,34,35)(H,36,39,40). The van der Waals surface area contributed by atoms with Gasteiger partial charge >= 0.3 is 0 Å². The summed E-state index contributed by atoms with van der Waals surface area (Å²) < 4.78 is 0. The van der Waals surface area contributed by atoms with E-state index in [4.69, 9.17) is 0 Å². The lowest BCUT2D eigenvalue weighted by Crippen LogP contribution is -2.53. The number of nitrogens with zero attached hydrogens (tertiary/aromatic N) is 3. The van der Waals surface area contributed by atoms with Crippen molar-refractivity contribution in [3.8, 4) is 0 Å². The van der Waals surface area contributed by atoms with E-state index in [-0.39, 0.29) is 24.2 Å². The van der Waals surface area contributed by atoms with Crippen LogP contribution >= 0.6 is 0 Å². The number of likely N-dealkylation sites (tertiary alicyclic amines) is 1. The minimum atomic E-state index is -0.676. The average Bonchev–Trinajstić information content (AvgIpc) is 3.71. The van der Waals surface area contributed by atoms with Crippen LogP contribution in [0.25, 0.3) is 10.8 Å². The first kappa shape index (κ1) is 25.2. The lowest BCUT2D eigenvalue weighted by molar-refractivity contribution is -0.134. The SMILES string of the molecule is O=C1CCC(N2C(=O)c3cccc4c(C(c5cn[nH]c5)C5CCN(C6CCCC67CCC7)CC5)ccc2c34)C(=O)N1.